The van der Waals surface area contributed by atoms with E-state index >= 15 is 0 Å². The molecule has 0 aliphatic rings. The van der Waals surface area contributed by atoms with E-state index in [1.54, 1.807) is 12.4 Å². The van der Waals surface area contributed by atoms with Gasteiger partial charge in [0.05, 0.1) is 11.2 Å². The summed E-state index contributed by atoms with van der Waals surface area (Å²) in [5.74, 6) is 0. The lowest BCUT2D eigenvalue weighted by atomic mass is 10.1. The highest BCUT2D eigenvalue weighted by Gasteiger charge is 2.02. The van der Waals surface area contributed by atoms with Crippen molar-refractivity contribution >= 4 is 28.4 Å². The van der Waals surface area contributed by atoms with Crippen molar-refractivity contribution in [3.05, 3.63) is 78.1 Å². The monoisotopic (exact) mass is 288 g/mol. The summed E-state index contributed by atoms with van der Waals surface area (Å²) in [6, 6.07) is 17.7. The maximum absolute atomic E-state index is 11.4. The lowest BCUT2D eigenvalue weighted by molar-refractivity contribution is -0.103. The van der Waals surface area contributed by atoms with Crippen LogP contribution >= 0.6 is 0 Å². The Morgan fingerprint density at radius 2 is 1.82 bits per heavy atom. The molecular formula is C19H16N2O. The molecule has 0 radical (unpaired) electrons. The van der Waals surface area contributed by atoms with Crippen molar-refractivity contribution in [2.45, 2.75) is 6.92 Å². The summed E-state index contributed by atoms with van der Waals surface area (Å²) in [6.45, 7) is 2.02. The molecule has 0 saturated carbocycles. The standard InChI is InChI=1S/C19H16N2O/c1-14-7-9-15(10-8-14)17(13-22)12-21-18-6-2-4-16-5-3-11-20-19(16)18/h2-13,21H,1H3/b17-12-. The second-order valence-electron chi connectivity index (χ2n) is 5.11. The fraction of sp³-hybridized carbons (Fsp3) is 0.0526. The highest BCUT2D eigenvalue weighted by atomic mass is 16.1. The molecule has 0 aliphatic carbocycles. The summed E-state index contributed by atoms with van der Waals surface area (Å²) < 4.78 is 0. The molecule has 0 fully saturated rings. The first-order valence-electron chi connectivity index (χ1n) is 7.10. The van der Waals surface area contributed by atoms with Gasteiger partial charge in [0.25, 0.3) is 0 Å². The average molecular weight is 288 g/mol. The van der Waals surface area contributed by atoms with Crippen molar-refractivity contribution in [2.24, 2.45) is 0 Å². The zero-order valence-electron chi connectivity index (χ0n) is 12.3. The van der Waals surface area contributed by atoms with E-state index in [4.69, 9.17) is 0 Å². The van der Waals surface area contributed by atoms with Gasteiger partial charge in [-0.2, -0.15) is 0 Å². The number of allylic oxidation sites excluding steroid dienone is 1. The van der Waals surface area contributed by atoms with E-state index < -0.39 is 0 Å². The largest absolute Gasteiger partial charge is 0.359 e. The number of anilines is 1. The van der Waals surface area contributed by atoms with E-state index in [2.05, 4.69) is 10.3 Å². The SMILES string of the molecule is Cc1ccc(/C(C=O)=C\Nc2cccc3cccnc23)cc1. The quantitative estimate of drug-likeness (QED) is 0.578. The summed E-state index contributed by atoms with van der Waals surface area (Å²) in [4.78, 5) is 15.7. The van der Waals surface area contributed by atoms with E-state index in [0.29, 0.717) is 5.57 Å². The lowest BCUT2D eigenvalue weighted by Gasteiger charge is -2.07. The first kappa shape index (κ1) is 14.0. The van der Waals surface area contributed by atoms with Crippen LogP contribution in [-0.4, -0.2) is 11.3 Å². The van der Waals surface area contributed by atoms with Gasteiger partial charge in [-0.1, -0.05) is 48.0 Å². The van der Waals surface area contributed by atoms with E-state index in [1.165, 1.54) is 5.56 Å². The Morgan fingerprint density at radius 1 is 1.05 bits per heavy atom. The Kier molecular flexibility index (Phi) is 3.97. The minimum atomic E-state index is 0.605. The van der Waals surface area contributed by atoms with Crippen molar-refractivity contribution in [1.82, 2.24) is 4.98 Å². The van der Waals surface area contributed by atoms with E-state index in [0.717, 1.165) is 28.4 Å². The number of carbonyl (C=O) groups is 1. The third kappa shape index (κ3) is 2.88. The second-order valence-corrected chi connectivity index (χ2v) is 5.11. The van der Waals surface area contributed by atoms with Crippen molar-refractivity contribution < 1.29 is 4.79 Å². The Bertz CT molecular complexity index is 830. The van der Waals surface area contributed by atoms with Crippen LogP contribution in [0.1, 0.15) is 11.1 Å². The van der Waals surface area contributed by atoms with Gasteiger partial charge in [0.2, 0.25) is 0 Å². The number of rotatable bonds is 4. The molecule has 0 atom stereocenters. The van der Waals surface area contributed by atoms with Gasteiger partial charge in [-0.05, 0) is 24.6 Å². The number of fused-ring (bicyclic) bond motifs is 1. The van der Waals surface area contributed by atoms with Crippen LogP contribution in [0.15, 0.2) is 67.0 Å². The highest BCUT2D eigenvalue weighted by molar-refractivity contribution is 6.07. The molecule has 1 aromatic heterocycles. The summed E-state index contributed by atoms with van der Waals surface area (Å²) in [6.07, 6.45) is 4.34. The molecule has 0 unspecified atom stereocenters. The van der Waals surface area contributed by atoms with Crippen LogP contribution in [0.3, 0.4) is 0 Å². The minimum Gasteiger partial charge on any atom is -0.359 e. The predicted molar refractivity (Wildman–Crippen MR) is 90.6 cm³/mol. The molecule has 1 heterocycles. The van der Waals surface area contributed by atoms with Gasteiger partial charge in [-0.25, -0.2) is 0 Å². The maximum Gasteiger partial charge on any atom is 0.152 e. The van der Waals surface area contributed by atoms with Crippen molar-refractivity contribution in [2.75, 3.05) is 5.32 Å². The molecule has 108 valence electrons. The molecule has 22 heavy (non-hydrogen) atoms. The predicted octanol–water partition coefficient (Wildman–Crippen LogP) is 4.20. The molecular weight excluding hydrogens is 272 g/mol. The summed E-state index contributed by atoms with van der Waals surface area (Å²) in [5.41, 5.74) is 4.43. The first-order valence-corrected chi connectivity index (χ1v) is 7.10. The molecule has 0 saturated heterocycles. The molecule has 1 N–H and O–H groups in total. The minimum absolute atomic E-state index is 0.605. The van der Waals surface area contributed by atoms with Crippen LogP contribution in [0.5, 0.6) is 0 Å². The van der Waals surface area contributed by atoms with Crippen LogP contribution in [0, 0.1) is 6.92 Å². The number of aromatic nitrogens is 1. The van der Waals surface area contributed by atoms with Gasteiger partial charge in [-0.15, -0.1) is 0 Å². The summed E-state index contributed by atoms with van der Waals surface area (Å²) in [7, 11) is 0. The molecule has 3 nitrogen and oxygen atoms in total. The van der Waals surface area contributed by atoms with Crippen LogP contribution in [0.4, 0.5) is 5.69 Å². The van der Waals surface area contributed by atoms with Crippen LogP contribution in [0.25, 0.3) is 16.5 Å². The number of nitrogens with one attached hydrogen (secondary N) is 1. The van der Waals surface area contributed by atoms with Gasteiger partial charge >= 0.3 is 0 Å². The third-order valence-corrected chi connectivity index (χ3v) is 3.53. The number of para-hydroxylation sites is 1. The molecule has 0 aliphatic heterocycles. The number of carbonyl (C=O) groups excluding carboxylic acids is 1. The Labute approximate surface area is 129 Å². The average Bonchev–Trinajstić information content (AvgIpc) is 2.57. The van der Waals surface area contributed by atoms with Crippen LogP contribution in [0.2, 0.25) is 0 Å². The van der Waals surface area contributed by atoms with Gasteiger partial charge in [0.1, 0.15) is 0 Å². The molecule has 2 aromatic carbocycles. The number of aryl methyl sites for hydroxylation is 1. The fourth-order valence-corrected chi connectivity index (χ4v) is 2.31. The zero-order chi connectivity index (χ0) is 15.4. The first-order chi connectivity index (χ1) is 10.8. The lowest BCUT2D eigenvalue weighted by Crippen LogP contribution is -1.95. The smallest absolute Gasteiger partial charge is 0.152 e. The zero-order valence-corrected chi connectivity index (χ0v) is 12.3. The second kappa shape index (κ2) is 6.22. The van der Waals surface area contributed by atoms with Gasteiger partial charge in [0, 0.05) is 23.4 Å². The maximum atomic E-state index is 11.4. The van der Waals surface area contributed by atoms with Crippen molar-refractivity contribution in [3.8, 4) is 0 Å². The van der Waals surface area contributed by atoms with E-state index in [9.17, 15) is 4.79 Å². The molecule has 3 heteroatoms. The number of hydrogen-bond donors (Lipinski definition) is 1. The third-order valence-electron chi connectivity index (χ3n) is 3.53. The molecule has 3 rings (SSSR count). The number of benzene rings is 2. The number of aldehydes is 1. The van der Waals surface area contributed by atoms with E-state index in [1.807, 2.05) is 61.5 Å². The van der Waals surface area contributed by atoms with Gasteiger partial charge < -0.3 is 5.32 Å². The van der Waals surface area contributed by atoms with E-state index in [-0.39, 0.29) is 0 Å². The number of pyridine rings is 1. The number of hydrogen-bond acceptors (Lipinski definition) is 3. The van der Waals surface area contributed by atoms with Gasteiger partial charge in [-0.3, -0.25) is 9.78 Å². The fourth-order valence-electron chi connectivity index (χ4n) is 2.31. The molecule has 3 aromatic rings. The van der Waals surface area contributed by atoms with Gasteiger partial charge in [0.15, 0.2) is 6.29 Å². The number of nitrogens with zero attached hydrogens (tertiary/aromatic N) is 1. The Hall–Kier alpha value is -2.94. The normalized spacial score (nSPS) is 11.4. The molecule has 0 spiro atoms. The van der Waals surface area contributed by atoms with Crippen LogP contribution < -0.4 is 5.32 Å². The Morgan fingerprint density at radius 3 is 2.59 bits per heavy atom. The molecule has 0 bridgehead atoms. The topological polar surface area (TPSA) is 42.0 Å². The summed E-state index contributed by atoms with van der Waals surface area (Å²) in [5, 5.41) is 4.26. The molecule has 0 amide bonds. The van der Waals surface area contributed by atoms with Crippen molar-refractivity contribution in [3.63, 3.8) is 0 Å². The van der Waals surface area contributed by atoms with Crippen molar-refractivity contribution in [1.29, 1.82) is 0 Å². The Balaban J connectivity index is 1.93. The summed E-state index contributed by atoms with van der Waals surface area (Å²) >= 11 is 0. The van der Waals surface area contributed by atoms with Crippen LogP contribution in [-0.2, 0) is 4.79 Å². The highest BCUT2D eigenvalue weighted by Crippen LogP contribution is 2.21.